The monoisotopic (exact) mass is 373 g/mol. The predicted molar refractivity (Wildman–Crippen MR) is 91.8 cm³/mol. The molecule has 2 aromatic rings. The molecule has 0 bridgehead atoms. The van der Waals surface area contributed by atoms with Crippen molar-refractivity contribution in [1.82, 2.24) is 0 Å². The second-order valence-electron chi connectivity index (χ2n) is 5.28. The summed E-state index contributed by atoms with van der Waals surface area (Å²) in [5.74, 6) is -1.28. The first-order chi connectivity index (χ1) is 11.3. The lowest BCUT2D eigenvalue weighted by atomic mass is 10.1. The van der Waals surface area contributed by atoms with Crippen molar-refractivity contribution in [2.45, 2.75) is 13.3 Å². The molecule has 0 spiro atoms. The number of rotatable bonds is 3. The molecule has 1 saturated heterocycles. The third-order valence-corrected chi connectivity index (χ3v) is 5.77. The third kappa shape index (κ3) is 2.93. The molecular weight excluding hydrogens is 358 g/mol. The van der Waals surface area contributed by atoms with Crippen LogP contribution in [0.25, 0.3) is 11.3 Å². The molecule has 1 aliphatic heterocycles. The fourth-order valence-electron chi connectivity index (χ4n) is 2.52. The van der Waals surface area contributed by atoms with Gasteiger partial charge in [0.05, 0.1) is 10.8 Å². The van der Waals surface area contributed by atoms with E-state index in [1.165, 1.54) is 11.2 Å². The van der Waals surface area contributed by atoms with E-state index in [2.05, 4.69) is 0 Å². The topological polar surface area (TPSA) is 103 Å². The maximum Gasteiger partial charge on any atom is 0.308 e. The van der Waals surface area contributed by atoms with Gasteiger partial charge in [0.2, 0.25) is 11.5 Å². The lowest BCUT2D eigenvalue weighted by Gasteiger charge is -2.36. The summed E-state index contributed by atoms with van der Waals surface area (Å²) in [5.41, 5.74) is 0.395. The van der Waals surface area contributed by atoms with E-state index in [4.69, 9.17) is 20.8 Å². The number of hydrogen-bond acceptors (Lipinski definition) is 7. The smallest absolute Gasteiger partial charge is 0.308 e. The predicted octanol–water partition coefficient (Wildman–Crippen LogP) is 4.11. The maximum atomic E-state index is 11.4. The molecular formula is C15H16ClNO6S. The number of aromatic hydroxyl groups is 1. The normalized spacial score (nSPS) is 17.8. The molecule has 0 saturated carbocycles. The van der Waals surface area contributed by atoms with Crippen LogP contribution >= 0.6 is 22.4 Å². The Morgan fingerprint density at radius 2 is 2.08 bits per heavy atom. The SMILES string of the molecule is CC(=O)Oc1c(N2CCCS2(O)O)oc(-c2ccccc2Cl)c1O. The highest BCUT2D eigenvalue weighted by Gasteiger charge is 2.37. The van der Waals surface area contributed by atoms with Crippen LogP contribution in [0.15, 0.2) is 28.7 Å². The maximum absolute atomic E-state index is 11.4. The molecule has 7 nitrogen and oxygen atoms in total. The van der Waals surface area contributed by atoms with Crippen LogP contribution in [0.4, 0.5) is 5.88 Å². The number of nitrogens with zero attached hydrogens (tertiary/aromatic N) is 1. The minimum absolute atomic E-state index is 0.00560. The Balaban J connectivity index is 2.16. The van der Waals surface area contributed by atoms with Gasteiger partial charge in [-0.3, -0.25) is 13.9 Å². The van der Waals surface area contributed by atoms with Crippen LogP contribution in [0.1, 0.15) is 13.3 Å². The molecule has 24 heavy (non-hydrogen) atoms. The summed E-state index contributed by atoms with van der Waals surface area (Å²) in [6.45, 7) is 1.47. The Kier molecular flexibility index (Phi) is 4.39. The second-order valence-corrected chi connectivity index (χ2v) is 7.80. The fourth-order valence-corrected chi connectivity index (χ4v) is 4.28. The fraction of sp³-hybridized carbons (Fsp3) is 0.267. The van der Waals surface area contributed by atoms with E-state index in [9.17, 15) is 19.0 Å². The van der Waals surface area contributed by atoms with Crippen LogP contribution in [0.3, 0.4) is 0 Å². The Bertz CT molecular complexity index is 790. The van der Waals surface area contributed by atoms with Crippen molar-refractivity contribution in [2.24, 2.45) is 0 Å². The first-order valence-corrected chi connectivity index (χ1v) is 9.19. The van der Waals surface area contributed by atoms with E-state index in [0.717, 1.165) is 0 Å². The molecule has 1 aliphatic rings. The molecule has 1 aromatic carbocycles. The molecule has 3 rings (SSSR count). The van der Waals surface area contributed by atoms with E-state index in [0.29, 0.717) is 23.6 Å². The van der Waals surface area contributed by atoms with Gasteiger partial charge in [0.1, 0.15) is 0 Å². The summed E-state index contributed by atoms with van der Waals surface area (Å²) < 4.78 is 32.2. The highest BCUT2D eigenvalue weighted by Crippen LogP contribution is 2.58. The van der Waals surface area contributed by atoms with E-state index < -0.39 is 22.5 Å². The number of halogens is 1. The van der Waals surface area contributed by atoms with Crippen molar-refractivity contribution in [2.75, 3.05) is 16.6 Å². The first kappa shape index (κ1) is 17.0. The Morgan fingerprint density at radius 3 is 2.67 bits per heavy atom. The van der Waals surface area contributed by atoms with Crippen LogP contribution in [-0.2, 0) is 4.79 Å². The van der Waals surface area contributed by atoms with E-state index in [-0.39, 0.29) is 23.1 Å². The van der Waals surface area contributed by atoms with Crippen LogP contribution < -0.4 is 9.04 Å². The number of benzene rings is 1. The highest BCUT2D eigenvalue weighted by molar-refractivity contribution is 8.25. The summed E-state index contributed by atoms with van der Waals surface area (Å²) in [4.78, 5) is 11.4. The molecule has 130 valence electrons. The molecule has 3 N–H and O–H groups in total. The van der Waals surface area contributed by atoms with Gasteiger partial charge in [-0.15, -0.1) is 10.8 Å². The summed E-state index contributed by atoms with van der Waals surface area (Å²) >= 11 is 6.13. The molecule has 9 heteroatoms. The molecule has 0 radical (unpaired) electrons. The van der Waals surface area contributed by atoms with Crippen molar-refractivity contribution in [3.8, 4) is 22.8 Å². The van der Waals surface area contributed by atoms with Crippen molar-refractivity contribution in [3.63, 3.8) is 0 Å². The first-order valence-electron chi connectivity index (χ1n) is 7.14. The van der Waals surface area contributed by atoms with Gasteiger partial charge >= 0.3 is 5.97 Å². The van der Waals surface area contributed by atoms with Gasteiger partial charge in [0, 0.05) is 19.0 Å². The van der Waals surface area contributed by atoms with Gasteiger partial charge in [-0.25, -0.2) is 4.31 Å². The number of hydrogen-bond donors (Lipinski definition) is 3. The summed E-state index contributed by atoms with van der Waals surface area (Å²) in [6.07, 6.45) is 0.532. The molecule has 0 amide bonds. The van der Waals surface area contributed by atoms with E-state index in [1.807, 2.05) is 0 Å². The van der Waals surface area contributed by atoms with Crippen molar-refractivity contribution in [3.05, 3.63) is 29.3 Å². The van der Waals surface area contributed by atoms with Crippen molar-refractivity contribution >= 4 is 34.2 Å². The van der Waals surface area contributed by atoms with Crippen molar-refractivity contribution in [1.29, 1.82) is 0 Å². The lowest BCUT2D eigenvalue weighted by molar-refractivity contribution is -0.132. The molecule has 0 atom stereocenters. The molecule has 1 aromatic heterocycles. The molecule has 0 aliphatic carbocycles. The number of ether oxygens (including phenoxy) is 1. The van der Waals surface area contributed by atoms with Gasteiger partial charge in [-0.05, 0) is 18.6 Å². The minimum atomic E-state index is -3.09. The van der Waals surface area contributed by atoms with E-state index >= 15 is 0 Å². The van der Waals surface area contributed by atoms with Crippen molar-refractivity contribution < 1.29 is 28.2 Å². The number of furan rings is 1. The van der Waals surface area contributed by atoms with Gasteiger partial charge in [-0.1, -0.05) is 23.7 Å². The zero-order valence-electron chi connectivity index (χ0n) is 12.7. The van der Waals surface area contributed by atoms with Crippen LogP contribution in [-0.4, -0.2) is 32.5 Å². The molecule has 2 heterocycles. The summed E-state index contributed by atoms with van der Waals surface area (Å²) in [5, 5.41) is 10.8. The number of carbonyl (C=O) groups excluding carboxylic acids is 1. The zero-order valence-corrected chi connectivity index (χ0v) is 14.3. The summed E-state index contributed by atoms with van der Waals surface area (Å²) in [7, 11) is -3.09. The van der Waals surface area contributed by atoms with Crippen LogP contribution in [0.5, 0.6) is 11.5 Å². The average molecular weight is 374 g/mol. The standard InChI is InChI=1S/C15H16ClNO6S/c1-9(18)22-14-12(19)13(10-5-2-3-6-11(10)16)23-15(14)17-7-4-8-24(17,20)21/h2-3,5-6,19-21H,4,7-8H2,1H3. The lowest BCUT2D eigenvalue weighted by Crippen LogP contribution is -2.22. The average Bonchev–Trinajstić information content (AvgIpc) is 3.00. The Hall–Kier alpha value is -1.87. The number of anilines is 1. The zero-order chi connectivity index (χ0) is 17.5. The van der Waals surface area contributed by atoms with Gasteiger partial charge < -0.3 is 14.3 Å². The highest BCUT2D eigenvalue weighted by atomic mass is 35.5. The van der Waals surface area contributed by atoms with E-state index in [1.54, 1.807) is 24.3 Å². The Labute approximate surface area is 144 Å². The quantitative estimate of drug-likeness (QED) is 0.695. The van der Waals surface area contributed by atoms with Gasteiger partial charge in [0.15, 0.2) is 5.76 Å². The number of esters is 1. The third-order valence-electron chi connectivity index (χ3n) is 3.55. The van der Waals surface area contributed by atoms with Gasteiger partial charge in [0.25, 0.3) is 5.88 Å². The minimum Gasteiger partial charge on any atom is -0.502 e. The number of carbonyl (C=O) groups is 1. The van der Waals surface area contributed by atoms with Crippen LogP contribution in [0.2, 0.25) is 5.02 Å². The molecule has 0 unspecified atom stereocenters. The summed E-state index contributed by atoms with van der Waals surface area (Å²) in [6, 6.07) is 6.67. The van der Waals surface area contributed by atoms with Gasteiger partial charge in [-0.2, -0.15) is 0 Å². The largest absolute Gasteiger partial charge is 0.502 e. The second kappa shape index (κ2) is 6.21. The molecule has 1 fully saturated rings. The van der Waals surface area contributed by atoms with Crippen LogP contribution in [0, 0.1) is 0 Å². The Morgan fingerprint density at radius 1 is 1.38 bits per heavy atom.